The van der Waals surface area contributed by atoms with Crippen LogP contribution >= 0.6 is 15.9 Å². The summed E-state index contributed by atoms with van der Waals surface area (Å²) < 4.78 is -0.592. The largest absolute Gasteiger partial charge is 0.325 e. The quantitative estimate of drug-likeness (QED) is 0.610. The first-order chi connectivity index (χ1) is 6.37. The Morgan fingerprint density at radius 1 is 1.64 bits per heavy atom. The topological polar surface area (TPSA) is 49.4 Å². The van der Waals surface area contributed by atoms with Crippen molar-refractivity contribution >= 4 is 27.9 Å². The van der Waals surface area contributed by atoms with E-state index in [1.807, 2.05) is 13.8 Å². The highest BCUT2D eigenvalue weighted by atomic mass is 79.9. The van der Waals surface area contributed by atoms with E-state index < -0.39 is 4.45 Å². The van der Waals surface area contributed by atoms with Crippen molar-refractivity contribution < 1.29 is 9.59 Å². The number of carbonyl (C=O) groups excluding carboxylic acids is 2. The first-order valence-corrected chi connectivity index (χ1v) is 5.50. The van der Waals surface area contributed by atoms with Gasteiger partial charge in [0.1, 0.15) is 4.45 Å². The molecule has 1 fully saturated rings. The lowest BCUT2D eigenvalue weighted by Crippen LogP contribution is -2.60. The molecule has 0 aromatic rings. The van der Waals surface area contributed by atoms with Crippen molar-refractivity contribution in [3.63, 3.8) is 0 Å². The van der Waals surface area contributed by atoms with E-state index in [1.54, 1.807) is 6.92 Å². The van der Waals surface area contributed by atoms with Crippen LogP contribution in [0.4, 0.5) is 4.79 Å². The summed E-state index contributed by atoms with van der Waals surface area (Å²) in [6, 6.07) is -0.346. The molecule has 1 saturated heterocycles. The zero-order valence-electron chi connectivity index (χ0n) is 8.63. The lowest BCUT2D eigenvalue weighted by atomic mass is 10.1. The molecule has 0 bridgehead atoms. The standard InChI is InChI=1S/C9H15BrN2O2/c1-4-6(2)12-7(13)5-9(3,10)11-8(12)14/h6H,4-5H2,1-3H3,(H,11,14). The van der Waals surface area contributed by atoms with Crippen molar-refractivity contribution in [3.05, 3.63) is 0 Å². The zero-order valence-corrected chi connectivity index (χ0v) is 10.2. The normalized spacial score (nSPS) is 30.1. The van der Waals surface area contributed by atoms with E-state index >= 15 is 0 Å². The minimum atomic E-state index is -0.592. The van der Waals surface area contributed by atoms with Crippen LogP contribution in [0.3, 0.4) is 0 Å². The van der Waals surface area contributed by atoms with Crippen LogP contribution in [0.25, 0.3) is 0 Å². The number of carbonyl (C=O) groups is 2. The molecule has 0 aromatic heterocycles. The Labute approximate surface area is 92.2 Å². The minimum Gasteiger partial charge on any atom is -0.322 e. The molecule has 1 N–H and O–H groups in total. The maximum Gasteiger partial charge on any atom is 0.325 e. The summed E-state index contributed by atoms with van der Waals surface area (Å²) in [5.74, 6) is -0.123. The summed E-state index contributed by atoms with van der Waals surface area (Å²) in [7, 11) is 0. The molecule has 0 aromatic carbocycles. The predicted molar refractivity (Wildman–Crippen MR) is 57.1 cm³/mol. The van der Waals surface area contributed by atoms with Gasteiger partial charge >= 0.3 is 6.03 Å². The molecular weight excluding hydrogens is 248 g/mol. The van der Waals surface area contributed by atoms with Gasteiger partial charge in [-0.05, 0) is 20.3 Å². The van der Waals surface area contributed by atoms with Crippen molar-refractivity contribution in [3.8, 4) is 0 Å². The number of urea groups is 1. The van der Waals surface area contributed by atoms with E-state index in [0.717, 1.165) is 6.42 Å². The van der Waals surface area contributed by atoms with Gasteiger partial charge in [0, 0.05) is 6.04 Å². The fraction of sp³-hybridized carbons (Fsp3) is 0.778. The van der Waals surface area contributed by atoms with Gasteiger partial charge in [0.05, 0.1) is 6.42 Å². The van der Waals surface area contributed by atoms with E-state index in [2.05, 4.69) is 21.2 Å². The van der Waals surface area contributed by atoms with Crippen molar-refractivity contribution in [2.75, 3.05) is 0 Å². The van der Waals surface area contributed by atoms with Gasteiger partial charge in [0.15, 0.2) is 0 Å². The molecule has 1 aliphatic rings. The van der Waals surface area contributed by atoms with Crippen molar-refractivity contribution in [2.45, 2.75) is 44.1 Å². The molecule has 2 unspecified atom stereocenters. The lowest BCUT2D eigenvalue weighted by molar-refractivity contribution is -0.132. The molecule has 1 rings (SSSR count). The van der Waals surface area contributed by atoms with Crippen molar-refractivity contribution in [1.29, 1.82) is 0 Å². The molecule has 80 valence electrons. The Morgan fingerprint density at radius 2 is 2.21 bits per heavy atom. The predicted octanol–water partition coefficient (Wildman–Crippen LogP) is 1.84. The summed E-state index contributed by atoms with van der Waals surface area (Å²) in [6.07, 6.45) is 1.07. The summed E-state index contributed by atoms with van der Waals surface area (Å²) in [5, 5.41) is 2.73. The van der Waals surface area contributed by atoms with Crippen LogP contribution in [-0.2, 0) is 4.79 Å². The highest BCUT2D eigenvalue weighted by Gasteiger charge is 2.39. The third kappa shape index (κ3) is 2.26. The van der Waals surface area contributed by atoms with E-state index in [0.29, 0.717) is 6.42 Å². The number of nitrogens with one attached hydrogen (secondary N) is 1. The average Bonchev–Trinajstić information content (AvgIpc) is 1.99. The van der Waals surface area contributed by atoms with Crippen molar-refractivity contribution in [1.82, 2.24) is 10.2 Å². The second-order valence-electron chi connectivity index (χ2n) is 3.83. The van der Waals surface area contributed by atoms with Gasteiger partial charge in [-0.2, -0.15) is 0 Å². The molecule has 1 aliphatic heterocycles. The van der Waals surface area contributed by atoms with Crippen LogP contribution in [0.15, 0.2) is 0 Å². The molecule has 14 heavy (non-hydrogen) atoms. The summed E-state index contributed by atoms with van der Waals surface area (Å²) in [6.45, 7) is 5.60. The monoisotopic (exact) mass is 262 g/mol. The average molecular weight is 263 g/mol. The first kappa shape index (κ1) is 11.5. The number of halogens is 1. The van der Waals surface area contributed by atoms with E-state index in [4.69, 9.17) is 0 Å². The van der Waals surface area contributed by atoms with Crippen LogP contribution in [0, 0.1) is 0 Å². The van der Waals surface area contributed by atoms with Gasteiger partial charge in [-0.1, -0.05) is 22.9 Å². The third-order valence-electron chi connectivity index (χ3n) is 2.37. The Hall–Kier alpha value is -0.580. The molecule has 5 heteroatoms. The number of rotatable bonds is 2. The maximum atomic E-state index is 11.7. The summed E-state index contributed by atoms with van der Waals surface area (Å²) in [4.78, 5) is 24.5. The zero-order chi connectivity index (χ0) is 10.9. The van der Waals surface area contributed by atoms with Gasteiger partial charge in [-0.3, -0.25) is 9.69 Å². The fourth-order valence-electron chi connectivity index (χ4n) is 1.44. The van der Waals surface area contributed by atoms with Crippen LogP contribution in [0.1, 0.15) is 33.6 Å². The highest BCUT2D eigenvalue weighted by molar-refractivity contribution is 9.10. The Kier molecular flexibility index (Phi) is 3.19. The molecule has 0 spiro atoms. The summed E-state index contributed by atoms with van der Waals surface area (Å²) in [5.41, 5.74) is 0. The third-order valence-corrected chi connectivity index (χ3v) is 2.85. The minimum absolute atomic E-state index is 0.0360. The molecule has 2 atom stereocenters. The van der Waals surface area contributed by atoms with E-state index in [9.17, 15) is 9.59 Å². The number of alkyl halides is 1. The van der Waals surface area contributed by atoms with Gasteiger partial charge in [-0.25, -0.2) is 4.79 Å². The van der Waals surface area contributed by atoms with Crippen LogP contribution < -0.4 is 5.32 Å². The summed E-state index contributed by atoms with van der Waals surface area (Å²) >= 11 is 3.29. The SMILES string of the molecule is CCC(C)N1C(=O)CC(C)(Br)NC1=O. The van der Waals surface area contributed by atoms with E-state index in [1.165, 1.54) is 4.90 Å². The fourth-order valence-corrected chi connectivity index (χ4v) is 1.85. The Morgan fingerprint density at radius 3 is 2.64 bits per heavy atom. The Balaban J connectivity index is 2.81. The molecule has 3 amide bonds. The van der Waals surface area contributed by atoms with Gasteiger partial charge in [0.2, 0.25) is 5.91 Å². The molecular formula is C9H15BrN2O2. The van der Waals surface area contributed by atoms with Crippen LogP contribution in [0.5, 0.6) is 0 Å². The Bertz CT molecular complexity index is 246. The second kappa shape index (κ2) is 3.88. The number of imide groups is 1. The van der Waals surface area contributed by atoms with Crippen molar-refractivity contribution in [2.24, 2.45) is 0 Å². The maximum absolute atomic E-state index is 11.7. The number of nitrogens with zero attached hydrogens (tertiary/aromatic N) is 1. The van der Waals surface area contributed by atoms with Crippen LogP contribution in [0.2, 0.25) is 0 Å². The van der Waals surface area contributed by atoms with Gasteiger partial charge < -0.3 is 5.32 Å². The van der Waals surface area contributed by atoms with Gasteiger partial charge in [0.25, 0.3) is 0 Å². The first-order valence-electron chi connectivity index (χ1n) is 4.70. The van der Waals surface area contributed by atoms with E-state index in [-0.39, 0.29) is 18.0 Å². The highest BCUT2D eigenvalue weighted by Crippen LogP contribution is 2.25. The molecule has 0 radical (unpaired) electrons. The second-order valence-corrected chi connectivity index (χ2v) is 5.58. The molecule has 0 saturated carbocycles. The molecule has 1 heterocycles. The van der Waals surface area contributed by atoms with Crippen LogP contribution in [-0.4, -0.2) is 27.3 Å². The molecule has 4 nitrogen and oxygen atoms in total. The molecule has 0 aliphatic carbocycles. The van der Waals surface area contributed by atoms with Gasteiger partial charge in [-0.15, -0.1) is 0 Å². The lowest BCUT2D eigenvalue weighted by Gasteiger charge is -2.37. The number of hydrogen-bond acceptors (Lipinski definition) is 2. The number of hydrogen-bond donors (Lipinski definition) is 1. The number of amides is 3. The smallest absolute Gasteiger partial charge is 0.322 e.